The second-order valence-electron chi connectivity index (χ2n) is 4.36. The molecule has 0 aliphatic carbocycles. The third-order valence-electron chi connectivity index (χ3n) is 2.81. The Kier molecular flexibility index (Phi) is 3.93. The van der Waals surface area contributed by atoms with E-state index in [1.807, 2.05) is 0 Å². The molecule has 1 aromatic heterocycles. The topological polar surface area (TPSA) is 72.2 Å². The number of sulfonamides is 1. The van der Waals surface area contributed by atoms with E-state index in [4.69, 9.17) is 5.14 Å². The normalized spacial score (nSPS) is 11.5. The van der Waals surface area contributed by atoms with Crippen molar-refractivity contribution in [3.8, 4) is 0 Å². The quantitative estimate of drug-likeness (QED) is 0.911. The molecule has 4 nitrogen and oxygen atoms in total. The van der Waals surface area contributed by atoms with Gasteiger partial charge in [-0.25, -0.2) is 13.6 Å². The van der Waals surface area contributed by atoms with Gasteiger partial charge in [-0.05, 0) is 49.7 Å². The van der Waals surface area contributed by atoms with E-state index in [2.05, 4.69) is 25.2 Å². The number of aryl methyl sites for hydroxylation is 2. The van der Waals surface area contributed by atoms with Crippen LogP contribution < -0.4 is 10.5 Å². The monoisotopic (exact) mass is 296 g/mol. The molecule has 2 rings (SSSR count). The van der Waals surface area contributed by atoms with Crippen LogP contribution in [0.2, 0.25) is 0 Å². The summed E-state index contributed by atoms with van der Waals surface area (Å²) < 4.78 is 22.3. The predicted molar refractivity (Wildman–Crippen MR) is 78.9 cm³/mol. The first-order valence-corrected chi connectivity index (χ1v) is 8.15. The van der Waals surface area contributed by atoms with E-state index in [9.17, 15) is 8.42 Å². The predicted octanol–water partition coefficient (Wildman–Crippen LogP) is 2.62. The Balaban J connectivity index is 2.07. The molecule has 19 heavy (non-hydrogen) atoms. The van der Waals surface area contributed by atoms with Gasteiger partial charge in [0.15, 0.2) is 0 Å². The van der Waals surface area contributed by atoms with Crippen LogP contribution in [0.15, 0.2) is 35.2 Å². The summed E-state index contributed by atoms with van der Waals surface area (Å²) in [5.74, 6) is 0. The molecule has 102 valence electrons. The van der Waals surface area contributed by atoms with Gasteiger partial charge in [0.25, 0.3) is 0 Å². The van der Waals surface area contributed by atoms with Gasteiger partial charge in [0.05, 0.1) is 4.90 Å². The molecule has 0 amide bonds. The van der Waals surface area contributed by atoms with Crippen molar-refractivity contribution < 1.29 is 8.42 Å². The number of primary sulfonamides is 1. The van der Waals surface area contributed by atoms with Crippen molar-refractivity contribution in [1.29, 1.82) is 0 Å². The van der Waals surface area contributed by atoms with Gasteiger partial charge in [-0.15, -0.1) is 11.3 Å². The number of hydrogen-bond donors (Lipinski definition) is 2. The number of benzene rings is 1. The molecule has 6 heteroatoms. The van der Waals surface area contributed by atoms with E-state index < -0.39 is 10.0 Å². The van der Waals surface area contributed by atoms with Crippen molar-refractivity contribution in [2.75, 3.05) is 5.32 Å². The Morgan fingerprint density at radius 1 is 1.21 bits per heavy atom. The molecule has 0 saturated carbocycles. The number of rotatable bonds is 4. The van der Waals surface area contributed by atoms with Gasteiger partial charge in [0.2, 0.25) is 10.0 Å². The molecule has 2 aromatic rings. The summed E-state index contributed by atoms with van der Waals surface area (Å²) in [7, 11) is -3.62. The lowest BCUT2D eigenvalue weighted by Gasteiger charge is -2.06. The van der Waals surface area contributed by atoms with Crippen LogP contribution >= 0.6 is 11.3 Å². The standard InChI is InChI=1S/C13H16N2O2S2/c1-9-7-11(10(2)18-9)8-15-12-3-5-13(6-4-12)19(14,16)17/h3-7,15H,8H2,1-2H3,(H2,14,16,17). The fourth-order valence-electron chi connectivity index (χ4n) is 1.82. The Labute approximate surface area is 117 Å². The molecular formula is C13H16N2O2S2. The van der Waals surface area contributed by atoms with Gasteiger partial charge in [-0.1, -0.05) is 0 Å². The van der Waals surface area contributed by atoms with Crippen LogP contribution in [0.1, 0.15) is 15.3 Å². The summed E-state index contributed by atoms with van der Waals surface area (Å²) in [6.45, 7) is 4.91. The van der Waals surface area contributed by atoms with Crippen molar-refractivity contribution >= 4 is 27.0 Å². The smallest absolute Gasteiger partial charge is 0.238 e. The average Bonchev–Trinajstić information content (AvgIpc) is 2.65. The zero-order valence-corrected chi connectivity index (χ0v) is 12.4. The molecule has 0 atom stereocenters. The average molecular weight is 296 g/mol. The molecule has 0 saturated heterocycles. The number of nitrogens with two attached hydrogens (primary N) is 1. The van der Waals surface area contributed by atoms with Crippen molar-refractivity contribution in [1.82, 2.24) is 0 Å². The molecular weight excluding hydrogens is 280 g/mol. The lowest BCUT2D eigenvalue weighted by atomic mass is 10.2. The summed E-state index contributed by atoms with van der Waals surface area (Å²) >= 11 is 1.77. The first-order valence-electron chi connectivity index (χ1n) is 5.79. The van der Waals surface area contributed by atoms with Crippen molar-refractivity contribution in [3.63, 3.8) is 0 Å². The van der Waals surface area contributed by atoms with Gasteiger partial charge in [-0.3, -0.25) is 0 Å². The lowest BCUT2D eigenvalue weighted by Crippen LogP contribution is -2.12. The SMILES string of the molecule is Cc1cc(CNc2ccc(S(N)(=O)=O)cc2)c(C)s1. The first-order chi connectivity index (χ1) is 8.86. The minimum absolute atomic E-state index is 0.126. The van der Waals surface area contributed by atoms with E-state index in [1.165, 1.54) is 27.5 Å². The van der Waals surface area contributed by atoms with Crippen LogP contribution in [-0.4, -0.2) is 8.42 Å². The highest BCUT2D eigenvalue weighted by atomic mass is 32.2. The zero-order chi connectivity index (χ0) is 14.0. The molecule has 0 aliphatic heterocycles. The zero-order valence-electron chi connectivity index (χ0n) is 10.8. The minimum Gasteiger partial charge on any atom is -0.381 e. The molecule has 3 N–H and O–H groups in total. The highest BCUT2D eigenvalue weighted by Crippen LogP contribution is 2.22. The summed E-state index contributed by atoms with van der Waals surface area (Å²) in [4.78, 5) is 2.71. The number of anilines is 1. The molecule has 0 spiro atoms. The van der Waals surface area contributed by atoms with Crippen LogP contribution in [0.25, 0.3) is 0 Å². The maximum atomic E-state index is 11.1. The van der Waals surface area contributed by atoms with Gasteiger partial charge < -0.3 is 5.32 Å². The highest BCUT2D eigenvalue weighted by Gasteiger charge is 2.07. The Morgan fingerprint density at radius 2 is 1.84 bits per heavy atom. The van der Waals surface area contributed by atoms with E-state index >= 15 is 0 Å². The molecule has 0 aliphatic rings. The van der Waals surface area contributed by atoms with Crippen LogP contribution in [0.5, 0.6) is 0 Å². The largest absolute Gasteiger partial charge is 0.381 e. The summed E-state index contributed by atoms with van der Waals surface area (Å²) in [6, 6.07) is 8.60. The lowest BCUT2D eigenvalue weighted by molar-refractivity contribution is 0.598. The fraction of sp³-hybridized carbons (Fsp3) is 0.231. The molecule has 0 unspecified atom stereocenters. The van der Waals surface area contributed by atoms with E-state index in [0.717, 1.165) is 12.2 Å². The second-order valence-corrected chi connectivity index (χ2v) is 7.38. The first kappa shape index (κ1) is 14.0. The van der Waals surface area contributed by atoms with Crippen LogP contribution in [-0.2, 0) is 16.6 Å². The van der Waals surface area contributed by atoms with Crippen molar-refractivity contribution in [2.24, 2.45) is 5.14 Å². The van der Waals surface area contributed by atoms with Crippen molar-refractivity contribution in [2.45, 2.75) is 25.3 Å². The maximum Gasteiger partial charge on any atom is 0.238 e. The fourth-order valence-corrected chi connectivity index (χ4v) is 3.28. The van der Waals surface area contributed by atoms with Gasteiger partial charge in [0, 0.05) is 22.0 Å². The molecule has 0 bridgehead atoms. The van der Waals surface area contributed by atoms with E-state index in [-0.39, 0.29) is 4.90 Å². The molecule has 1 aromatic carbocycles. The number of hydrogen-bond acceptors (Lipinski definition) is 4. The summed E-state index contributed by atoms with van der Waals surface area (Å²) in [5.41, 5.74) is 2.13. The minimum atomic E-state index is -3.62. The molecule has 0 radical (unpaired) electrons. The number of thiophene rings is 1. The van der Waals surface area contributed by atoms with Gasteiger partial charge in [0.1, 0.15) is 0 Å². The third kappa shape index (κ3) is 3.56. The Morgan fingerprint density at radius 3 is 2.32 bits per heavy atom. The van der Waals surface area contributed by atoms with Crippen molar-refractivity contribution in [3.05, 3.63) is 45.6 Å². The van der Waals surface area contributed by atoms with Gasteiger partial charge >= 0.3 is 0 Å². The summed E-state index contributed by atoms with van der Waals surface area (Å²) in [6.07, 6.45) is 0. The Bertz CT molecular complexity index is 673. The molecule has 1 heterocycles. The summed E-state index contributed by atoms with van der Waals surface area (Å²) in [5, 5.41) is 8.31. The van der Waals surface area contributed by atoms with Crippen LogP contribution in [0.4, 0.5) is 5.69 Å². The third-order valence-corrected chi connectivity index (χ3v) is 4.75. The van der Waals surface area contributed by atoms with Crippen LogP contribution in [0, 0.1) is 13.8 Å². The Hall–Kier alpha value is -1.37. The van der Waals surface area contributed by atoms with Crippen LogP contribution in [0.3, 0.4) is 0 Å². The molecule has 0 fully saturated rings. The van der Waals surface area contributed by atoms with E-state index in [0.29, 0.717) is 0 Å². The highest BCUT2D eigenvalue weighted by molar-refractivity contribution is 7.89. The number of nitrogens with one attached hydrogen (secondary N) is 1. The van der Waals surface area contributed by atoms with E-state index in [1.54, 1.807) is 23.5 Å². The maximum absolute atomic E-state index is 11.1. The van der Waals surface area contributed by atoms with Gasteiger partial charge in [-0.2, -0.15) is 0 Å². The second kappa shape index (κ2) is 5.32.